The highest BCUT2D eigenvalue weighted by Gasteiger charge is 2.56. The molecule has 3 rings (SSSR count). The Bertz CT molecular complexity index is 1240. The van der Waals surface area contributed by atoms with E-state index in [0.29, 0.717) is 12.0 Å². The van der Waals surface area contributed by atoms with E-state index in [1.54, 1.807) is 56.0 Å². The van der Waals surface area contributed by atoms with Gasteiger partial charge in [-0.05, 0) is 66.9 Å². The van der Waals surface area contributed by atoms with Gasteiger partial charge in [-0.15, -0.1) is 0 Å². The highest BCUT2D eigenvalue weighted by atomic mass is 28.4. The Morgan fingerprint density at radius 3 is 2.18 bits per heavy atom. The molecule has 0 saturated heterocycles. The van der Waals surface area contributed by atoms with Gasteiger partial charge >= 0.3 is 5.97 Å². The van der Waals surface area contributed by atoms with Crippen LogP contribution in [0.1, 0.15) is 50.3 Å². The van der Waals surface area contributed by atoms with Crippen LogP contribution in [0.5, 0.6) is 5.75 Å². The lowest BCUT2D eigenvalue weighted by Crippen LogP contribution is -2.54. The zero-order valence-electron chi connectivity index (χ0n) is 23.0. The van der Waals surface area contributed by atoms with Gasteiger partial charge in [0.05, 0.1) is 6.61 Å². The lowest BCUT2D eigenvalue weighted by Gasteiger charge is -2.46. The number of carbonyl (C=O) groups is 1. The maximum absolute atomic E-state index is 14.0. The minimum Gasteiger partial charge on any atom is -0.508 e. The Hall–Kier alpha value is -3.54. The molecule has 0 aliphatic heterocycles. The number of hydrogen-bond donors (Lipinski definition) is 1. The van der Waals surface area contributed by atoms with Gasteiger partial charge in [0.1, 0.15) is 17.7 Å². The van der Waals surface area contributed by atoms with Crippen molar-refractivity contribution in [3.63, 3.8) is 0 Å². The van der Waals surface area contributed by atoms with E-state index in [2.05, 4.69) is 49.9 Å². The molecule has 3 unspecified atom stereocenters. The third kappa shape index (κ3) is 6.29. The van der Waals surface area contributed by atoms with Crippen molar-refractivity contribution in [1.29, 1.82) is 5.26 Å². The lowest BCUT2D eigenvalue weighted by atomic mass is 9.71. The van der Waals surface area contributed by atoms with Crippen molar-refractivity contribution in [3.05, 3.63) is 90.0 Å². The van der Waals surface area contributed by atoms with Crippen LogP contribution < -0.4 is 0 Å². The van der Waals surface area contributed by atoms with E-state index in [-0.39, 0.29) is 17.4 Å². The van der Waals surface area contributed by atoms with Crippen LogP contribution in [0.15, 0.2) is 73.3 Å². The van der Waals surface area contributed by atoms with Gasteiger partial charge in [0.15, 0.2) is 13.9 Å². The number of nitrogens with zero attached hydrogens (tertiary/aromatic N) is 3. The molecule has 2 aromatic heterocycles. The fraction of sp³-hybridized carbons (Fsp3) is 0.400. The first-order chi connectivity index (χ1) is 17.9. The largest absolute Gasteiger partial charge is 0.508 e. The van der Waals surface area contributed by atoms with Gasteiger partial charge in [0.2, 0.25) is 0 Å². The van der Waals surface area contributed by atoms with Crippen molar-refractivity contribution in [2.24, 2.45) is 5.92 Å². The molecular weight excluding hydrogens is 494 g/mol. The van der Waals surface area contributed by atoms with Crippen molar-refractivity contribution < 1.29 is 19.1 Å². The molecule has 0 spiro atoms. The molecule has 8 heteroatoms. The monoisotopic (exact) mass is 531 g/mol. The molecule has 1 N–H and O–H groups in total. The number of carbonyl (C=O) groups excluding carboxylic acids is 1. The number of phenols is 1. The maximum Gasteiger partial charge on any atom is 0.313 e. The number of aromatic hydroxyl groups is 1. The topological polar surface area (TPSA) is 105 Å². The van der Waals surface area contributed by atoms with Crippen LogP contribution >= 0.6 is 0 Å². The summed E-state index contributed by atoms with van der Waals surface area (Å²) in [5.41, 5.74) is 0.489. The Kier molecular flexibility index (Phi) is 9.08. The van der Waals surface area contributed by atoms with Gasteiger partial charge in [-0.1, -0.05) is 45.0 Å². The molecule has 0 aliphatic rings. The quantitative estimate of drug-likeness (QED) is 0.248. The fourth-order valence-electron chi connectivity index (χ4n) is 4.35. The Morgan fingerprint density at radius 1 is 1.05 bits per heavy atom. The zero-order valence-corrected chi connectivity index (χ0v) is 24.0. The molecule has 0 fully saturated rings. The first-order valence-electron chi connectivity index (χ1n) is 12.8. The minimum absolute atomic E-state index is 0.150. The summed E-state index contributed by atoms with van der Waals surface area (Å²) in [4.78, 5) is 22.6. The molecule has 0 amide bonds. The first kappa shape index (κ1) is 29.0. The van der Waals surface area contributed by atoms with Gasteiger partial charge < -0.3 is 14.3 Å². The van der Waals surface area contributed by atoms with E-state index in [1.807, 2.05) is 24.3 Å². The standard InChI is InChI=1S/C30H37N3O4Si/c1-7-36-28(35)27(26(23-10-8-16-32-19-23)18-22-12-14-25(34)15-13-22)30(21-31,24-11-9-17-33-20-24)37-38(5,6)29(2,3)4/h8-17,19-20,26-27,34H,7,18H2,1-6H3. The lowest BCUT2D eigenvalue weighted by molar-refractivity contribution is -0.156. The van der Waals surface area contributed by atoms with Crippen molar-refractivity contribution >= 4 is 14.3 Å². The van der Waals surface area contributed by atoms with Gasteiger partial charge in [-0.2, -0.15) is 5.26 Å². The van der Waals surface area contributed by atoms with E-state index in [0.717, 1.165) is 11.1 Å². The second-order valence-corrected chi connectivity index (χ2v) is 15.7. The number of ether oxygens (including phenoxy) is 1. The summed E-state index contributed by atoms with van der Waals surface area (Å²) in [5, 5.41) is 20.6. The van der Waals surface area contributed by atoms with Crippen LogP contribution in [-0.2, 0) is 26.0 Å². The molecular formula is C30H37N3O4Si. The highest BCUT2D eigenvalue weighted by molar-refractivity contribution is 6.74. The Labute approximate surface area is 226 Å². The summed E-state index contributed by atoms with van der Waals surface area (Å²) in [6.07, 6.45) is 7.01. The molecule has 7 nitrogen and oxygen atoms in total. The number of pyridine rings is 2. The highest BCUT2D eigenvalue weighted by Crippen LogP contribution is 2.49. The zero-order chi connectivity index (χ0) is 28.0. The molecule has 0 saturated carbocycles. The number of esters is 1. The molecule has 0 radical (unpaired) electrons. The molecule has 1 aromatic carbocycles. The summed E-state index contributed by atoms with van der Waals surface area (Å²) in [6, 6.07) is 16.6. The summed E-state index contributed by atoms with van der Waals surface area (Å²) in [6.45, 7) is 12.3. The first-order valence-corrected chi connectivity index (χ1v) is 15.7. The minimum atomic E-state index is -2.63. The van der Waals surface area contributed by atoms with Crippen molar-refractivity contribution in [3.8, 4) is 11.8 Å². The van der Waals surface area contributed by atoms with Crippen LogP contribution in [-0.4, -0.2) is 36.0 Å². The summed E-state index contributed by atoms with van der Waals surface area (Å²) < 4.78 is 12.6. The van der Waals surface area contributed by atoms with Crippen LogP contribution in [0, 0.1) is 17.2 Å². The average molecular weight is 532 g/mol. The summed E-state index contributed by atoms with van der Waals surface area (Å²) >= 11 is 0. The van der Waals surface area contributed by atoms with Crippen molar-refractivity contribution in [2.45, 2.75) is 63.8 Å². The van der Waals surface area contributed by atoms with Gasteiger partial charge in [-0.3, -0.25) is 14.8 Å². The van der Waals surface area contributed by atoms with Crippen LogP contribution in [0.2, 0.25) is 18.1 Å². The van der Waals surface area contributed by atoms with Gasteiger partial charge in [0.25, 0.3) is 0 Å². The predicted molar refractivity (Wildman–Crippen MR) is 149 cm³/mol. The maximum atomic E-state index is 14.0. The van der Waals surface area contributed by atoms with E-state index < -0.39 is 31.7 Å². The number of nitriles is 1. The van der Waals surface area contributed by atoms with Crippen LogP contribution in [0.4, 0.5) is 0 Å². The molecule has 0 aliphatic carbocycles. The summed E-state index contributed by atoms with van der Waals surface area (Å²) in [5.74, 6) is -1.94. The normalized spacial score (nSPS) is 15.1. The average Bonchev–Trinajstić information content (AvgIpc) is 2.89. The number of phenolic OH excluding ortho intramolecular Hbond substituents is 1. The SMILES string of the molecule is CCOC(=O)C(C(Cc1ccc(O)cc1)c1cccnc1)C(C#N)(O[Si](C)(C)C(C)(C)C)c1cccnc1. The van der Waals surface area contributed by atoms with E-state index in [1.165, 1.54) is 0 Å². The molecule has 0 bridgehead atoms. The third-order valence-corrected chi connectivity index (χ3v) is 11.8. The second kappa shape index (κ2) is 11.9. The Balaban J connectivity index is 2.33. The number of hydrogen-bond acceptors (Lipinski definition) is 7. The van der Waals surface area contributed by atoms with Gasteiger partial charge in [-0.25, -0.2) is 0 Å². The Morgan fingerprint density at radius 2 is 1.68 bits per heavy atom. The third-order valence-electron chi connectivity index (χ3n) is 7.36. The predicted octanol–water partition coefficient (Wildman–Crippen LogP) is 6.13. The van der Waals surface area contributed by atoms with E-state index in [9.17, 15) is 15.2 Å². The van der Waals surface area contributed by atoms with Crippen LogP contribution in [0.3, 0.4) is 0 Å². The smallest absolute Gasteiger partial charge is 0.313 e. The molecule has 3 aromatic rings. The number of aromatic nitrogens is 2. The molecule has 3 atom stereocenters. The molecule has 2 heterocycles. The number of benzene rings is 1. The van der Waals surface area contributed by atoms with E-state index >= 15 is 0 Å². The van der Waals surface area contributed by atoms with E-state index in [4.69, 9.17) is 9.16 Å². The fourth-order valence-corrected chi connectivity index (χ4v) is 5.75. The van der Waals surface area contributed by atoms with Crippen LogP contribution in [0.25, 0.3) is 0 Å². The molecule has 38 heavy (non-hydrogen) atoms. The summed E-state index contributed by atoms with van der Waals surface area (Å²) in [7, 11) is -2.63. The van der Waals surface area contributed by atoms with Gasteiger partial charge in [0, 0.05) is 36.3 Å². The number of rotatable bonds is 10. The van der Waals surface area contributed by atoms with Crippen molar-refractivity contribution in [2.75, 3.05) is 6.61 Å². The molecule has 200 valence electrons. The second-order valence-electron chi connectivity index (χ2n) is 10.9. The van der Waals surface area contributed by atoms with Crippen molar-refractivity contribution in [1.82, 2.24) is 9.97 Å².